The highest BCUT2D eigenvalue weighted by atomic mass is 19.1. The third-order valence-corrected chi connectivity index (χ3v) is 2.04. The van der Waals surface area contributed by atoms with Gasteiger partial charge in [0.2, 0.25) is 6.29 Å². The zero-order valence-corrected chi connectivity index (χ0v) is 8.91. The summed E-state index contributed by atoms with van der Waals surface area (Å²) in [6.07, 6.45) is -0.406. The molecule has 0 heterocycles. The molecule has 1 unspecified atom stereocenters. The second-order valence-corrected chi connectivity index (χ2v) is 3.42. The Hall–Kier alpha value is -1.82. The molecule has 2 atom stereocenters. The van der Waals surface area contributed by atoms with Gasteiger partial charge in [-0.2, -0.15) is 0 Å². The van der Waals surface area contributed by atoms with E-state index in [0.29, 0.717) is 0 Å². The number of aliphatic hydroxyl groups is 1. The zero-order valence-electron chi connectivity index (χ0n) is 8.91. The number of halogens is 2. The molecule has 0 saturated carbocycles. The molecule has 1 amide bonds. The smallest absolute Gasteiger partial charge is 0.254 e. The van der Waals surface area contributed by atoms with E-state index in [4.69, 9.17) is 0 Å². The highest BCUT2D eigenvalue weighted by Gasteiger charge is 2.22. The summed E-state index contributed by atoms with van der Waals surface area (Å²) < 4.78 is 26.0. The Bertz CT molecular complexity index is 437. The van der Waals surface area contributed by atoms with Crippen LogP contribution in [0.3, 0.4) is 0 Å². The molecule has 17 heavy (non-hydrogen) atoms. The lowest BCUT2D eigenvalue weighted by Crippen LogP contribution is -2.37. The fourth-order valence-electron chi connectivity index (χ4n) is 1.19. The van der Waals surface area contributed by atoms with Crippen LogP contribution in [0, 0.1) is 11.6 Å². The van der Waals surface area contributed by atoms with E-state index in [-0.39, 0.29) is 0 Å². The predicted octanol–water partition coefficient (Wildman–Crippen LogP) is 0.613. The van der Waals surface area contributed by atoms with Gasteiger partial charge in [0, 0.05) is 5.56 Å². The van der Waals surface area contributed by atoms with E-state index in [1.165, 1.54) is 13.2 Å². The van der Waals surface area contributed by atoms with Gasteiger partial charge in [-0.1, -0.05) is 0 Å². The summed E-state index contributed by atoms with van der Waals surface area (Å²) in [7, 11) is 0. The molecule has 91 valence electrons. The van der Waals surface area contributed by atoms with Gasteiger partial charge in [0.05, 0.1) is 6.04 Å². The quantitative estimate of drug-likeness (QED) is 0.813. The maximum atomic E-state index is 13.2. The highest BCUT2D eigenvalue weighted by Crippen LogP contribution is 2.18. The van der Waals surface area contributed by atoms with Crippen molar-refractivity contribution in [2.75, 3.05) is 0 Å². The van der Waals surface area contributed by atoms with Crippen molar-refractivity contribution in [3.05, 3.63) is 35.4 Å². The minimum atomic E-state index is -1.87. The summed E-state index contributed by atoms with van der Waals surface area (Å²) in [6, 6.07) is 1.45. The Labute approximate surface area is 96.3 Å². The maximum Gasteiger partial charge on any atom is 0.254 e. The SMILES string of the molecule is C[C@@H]([C]=O)NC(=O)C(O)c1cc(F)ccc1F. The lowest BCUT2D eigenvalue weighted by Gasteiger charge is -2.13. The van der Waals surface area contributed by atoms with Crippen molar-refractivity contribution in [1.82, 2.24) is 5.32 Å². The van der Waals surface area contributed by atoms with Crippen LogP contribution in [-0.2, 0) is 9.59 Å². The number of benzene rings is 1. The first-order valence-electron chi connectivity index (χ1n) is 4.76. The number of carbonyl (C=O) groups is 1. The maximum absolute atomic E-state index is 13.2. The molecular formula is C11H10F2NO3. The molecule has 6 heteroatoms. The van der Waals surface area contributed by atoms with E-state index in [0.717, 1.165) is 18.2 Å². The fraction of sp³-hybridized carbons (Fsp3) is 0.273. The third-order valence-electron chi connectivity index (χ3n) is 2.04. The molecule has 0 saturated heterocycles. The Morgan fingerprint density at radius 1 is 1.47 bits per heavy atom. The van der Waals surface area contributed by atoms with E-state index in [2.05, 4.69) is 5.32 Å². The molecule has 1 aromatic rings. The summed E-state index contributed by atoms with van der Waals surface area (Å²) in [6.45, 7) is 1.33. The topological polar surface area (TPSA) is 66.4 Å². The highest BCUT2D eigenvalue weighted by molar-refractivity contribution is 5.84. The molecule has 0 bridgehead atoms. The van der Waals surface area contributed by atoms with E-state index >= 15 is 0 Å². The average molecular weight is 242 g/mol. The molecule has 0 aliphatic carbocycles. The first kappa shape index (κ1) is 13.2. The number of hydrogen-bond donors (Lipinski definition) is 2. The van der Waals surface area contributed by atoms with Crippen LogP contribution in [0.5, 0.6) is 0 Å². The molecule has 0 aliphatic rings. The van der Waals surface area contributed by atoms with Gasteiger partial charge in [0.25, 0.3) is 5.91 Å². The summed E-state index contributed by atoms with van der Waals surface area (Å²) in [5, 5.41) is 11.6. The van der Waals surface area contributed by atoms with Crippen molar-refractivity contribution in [1.29, 1.82) is 0 Å². The Balaban J connectivity index is 2.88. The number of nitrogens with one attached hydrogen (secondary N) is 1. The molecule has 1 aromatic carbocycles. The second-order valence-electron chi connectivity index (χ2n) is 3.42. The monoisotopic (exact) mass is 242 g/mol. The largest absolute Gasteiger partial charge is 0.378 e. The van der Waals surface area contributed by atoms with Crippen LogP contribution in [0.15, 0.2) is 18.2 Å². The molecule has 1 rings (SSSR count). The van der Waals surface area contributed by atoms with Crippen molar-refractivity contribution in [2.24, 2.45) is 0 Å². The van der Waals surface area contributed by atoms with Crippen LogP contribution in [0.4, 0.5) is 8.78 Å². The van der Waals surface area contributed by atoms with Crippen LogP contribution in [0.2, 0.25) is 0 Å². The zero-order chi connectivity index (χ0) is 13.0. The van der Waals surface area contributed by atoms with Gasteiger partial charge in [-0.05, 0) is 25.1 Å². The van der Waals surface area contributed by atoms with Gasteiger partial charge < -0.3 is 10.4 Å². The van der Waals surface area contributed by atoms with E-state index in [1.54, 1.807) is 0 Å². The minimum absolute atomic E-state index is 0.486. The molecule has 2 N–H and O–H groups in total. The van der Waals surface area contributed by atoms with Crippen LogP contribution < -0.4 is 5.32 Å². The van der Waals surface area contributed by atoms with E-state index < -0.39 is 35.3 Å². The van der Waals surface area contributed by atoms with Crippen molar-refractivity contribution < 1.29 is 23.5 Å². The van der Waals surface area contributed by atoms with Crippen LogP contribution in [0.25, 0.3) is 0 Å². The molecule has 0 fully saturated rings. The van der Waals surface area contributed by atoms with Gasteiger partial charge in [0.15, 0.2) is 6.10 Å². The average Bonchev–Trinajstić information content (AvgIpc) is 2.31. The number of rotatable bonds is 4. The number of carbonyl (C=O) groups excluding carboxylic acids is 2. The normalized spacial score (nSPS) is 13.9. The third kappa shape index (κ3) is 3.32. The lowest BCUT2D eigenvalue weighted by molar-refractivity contribution is -0.130. The molecule has 1 radical (unpaired) electrons. The molecule has 0 aromatic heterocycles. The summed E-state index contributed by atoms with van der Waals surface area (Å²) in [4.78, 5) is 21.5. The number of amides is 1. The number of hydrogen-bond acceptors (Lipinski definition) is 3. The fourth-order valence-corrected chi connectivity index (χ4v) is 1.19. The van der Waals surface area contributed by atoms with E-state index in [9.17, 15) is 23.5 Å². The van der Waals surface area contributed by atoms with Gasteiger partial charge in [-0.15, -0.1) is 0 Å². The standard InChI is InChI=1S/C11H10F2NO3/c1-6(5-15)14-11(17)10(16)8-4-7(12)2-3-9(8)13/h2-4,6,10,16H,1H3,(H,14,17)/t6-,10?/m0/s1. The molecule has 4 nitrogen and oxygen atoms in total. The van der Waals surface area contributed by atoms with Gasteiger partial charge in [-0.3, -0.25) is 9.59 Å². The first-order valence-corrected chi connectivity index (χ1v) is 4.76. The van der Waals surface area contributed by atoms with Gasteiger partial charge in [-0.25, -0.2) is 8.78 Å². The Morgan fingerprint density at radius 3 is 2.71 bits per heavy atom. The van der Waals surface area contributed by atoms with Crippen molar-refractivity contribution in [2.45, 2.75) is 19.1 Å². The van der Waals surface area contributed by atoms with E-state index in [1.807, 2.05) is 0 Å². The van der Waals surface area contributed by atoms with Crippen LogP contribution in [0.1, 0.15) is 18.6 Å². The van der Waals surface area contributed by atoms with Crippen molar-refractivity contribution in [3.8, 4) is 0 Å². The molecule has 0 aliphatic heterocycles. The van der Waals surface area contributed by atoms with Crippen LogP contribution >= 0.6 is 0 Å². The second kappa shape index (κ2) is 5.49. The lowest BCUT2D eigenvalue weighted by atomic mass is 10.1. The molecule has 0 spiro atoms. The van der Waals surface area contributed by atoms with Crippen LogP contribution in [-0.4, -0.2) is 23.3 Å². The van der Waals surface area contributed by atoms with Crippen molar-refractivity contribution >= 4 is 12.2 Å². The van der Waals surface area contributed by atoms with Gasteiger partial charge >= 0.3 is 0 Å². The summed E-state index contributed by atoms with van der Waals surface area (Å²) in [5.74, 6) is -2.68. The number of aliphatic hydroxyl groups excluding tert-OH is 1. The summed E-state index contributed by atoms with van der Waals surface area (Å²) >= 11 is 0. The summed E-state index contributed by atoms with van der Waals surface area (Å²) in [5.41, 5.74) is -0.486. The molecular weight excluding hydrogens is 232 g/mol. The van der Waals surface area contributed by atoms with Gasteiger partial charge in [0.1, 0.15) is 11.6 Å². The Kier molecular flexibility index (Phi) is 4.28. The van der Waals surface area contributed by atoms with Crippen molar-refractivity contribution in [3.63, 3.8) is 0 Å². The Morgan fingerprint density at radius 2 is 2.12 bits per heavy atom. The minimum Gasteiger partial charge on any atom is -0.378 e. The first-order chi connectivity index (χ1) is 7.95. The predicted molar refractivity (Wildman–Crippen MR) is 54.6 cm³/mol.